The molecule has 1 fully saturated rings. The van der Waals surface area contributed by atoms with E-state index in [1.165, 1.54) is 11.3 Å². The molecule has 1 aliphatic rings. The van der Waals surface area contributed by atoms with Crippen LogP contribution in [0, 0.1) is 0 Å². The van der Waals surface area contributed by atoms with E-state index in [4.69, 9.17) is 4.74 Å². The number of benzene rings is 1. The Labute approximate surface area is 126 Å². The van der Waals surface area contributed by atoms with E-state index < -0.39 is 0 Å². The zero-order valence-electron chi connectivity index (χ0n) is 11.2. The minimum atomic E-state index is -0.289. The Bertz CT molecular complexity index is 655. The summed E-state index contributed by atoms with van der Waals surface area (Å²) in [5.41, 5.74) is 2.32. The van der Waals surface area contributed by atoms with Crippen LogP contribution in [0.2, 0.25) is 0 Å². The van der Waals surface area contributed by atoms with Crippen molar-refractivity contribution in [3.63, 3.8) is 0 Å². The Hall–Kier alpha value is -2.34. The van der Waals surface area contributed by atoms with Gasteiger partial charge in [0.2, 0.25) is 0 Å². The van der Waals surface area contributed by atoms with E-state index in [9.17, 15) is 9.59 Å². The molecule has 5 nitrogen and oxygen atoms in total. The van der Waals surface area contributed by atoms with Crippen molar-refractivity contribution in [2.45, 2.75) is 6.54 Å². The van der Waals surface area contributed by atoms with Crippen LogP contribution in [0.1, 0.15) is 15.9 Å². The minimum absolute atomic E-state index is 0.131. The molecular formula is C15H14N2O3S. The average Bonchev–Trinajstić information content (AvgIpc) is 3.12. The van der Waals surface area contributed by atoms with Crippen LogP contribution in [-0.4, -0.2) is 30.1 Å². The van der Waals surface area contributed by atoms with Crippen molar-refractivity contribution in [3.8, 4) is 0 Å². The van der Waals surface area contributed by atoms with E-state index >= 15 is 0 Å². The highest BCUT2D eigenvalue weighted by molar-refractivity contribution is 7.08. The molecule has 1 aromatic carbocycles. The molecular weight excluding hydrogens is 288 g/mol. The highest BCUT2D eigenvalue weighted by Gasteiger charge is 2.21. The van der Waals surface area contributed by atoms with Crippen LogP contribution in [0.5, 0.6) is 0 Å². The van der Waals surface area contributed by atoms with Crippen LogP contribution in [0.25, 0.3) is 0 Å². The third kappa shape index (κ3) is 3.22. The molecule has 0 aliphatic carbocycles. The number of nitrogens with one attached hydrogen (secondary N) is 1. The van der Waals surface area contributed by atoms with Gasteiger partial charge in [0, 0.05) is 17.6 Å². The first-order valence-corrected chi connectivity index (χ1v) is 7.51. The number of thiophene rings is 1. The number of hydrogen-bond donors (Lipinski definition) is 1. The Morgan fingerprint density at radius 1 is 1.38 bits per heavy atom. The summed E-state index contributed by atoms with van der Waals surface area (Å²) in [4.78, 5) is 25.1. The summed E-state index contributed by atoms with van der Waals surface area (Å²) in [5, 5.41) is 6.52. The predicted molar refractivity (Wildman–Crippen MR) is 80.5 cm³/mol. The lowest BCUT2D eigenvalue weighted by Gasteiger charge is -2.13. The van der Waals surface area contributed by atoms with Crippen molar-refractivity contribution in [2.24, 2.45) is 0 Å². The van der Waals surface area contributed by atoms with Crippen molar-refractivity contribution >= 4 is 29.0 Å². The molecule has 1 aliphatic heterocycles. The summed E-state index contributed by atoms with van der Waals surface area (Å²) in [5.74, 6) is -0.131. The Morgan fingerprint density at radius 2 is 2.29 bits per heavy atom. The van der Waals surface area contributed by atoms with Gasteiger partial charge in [-0.1, -0.05) is 12.1 Å². The molecule has 108 valence electrons. The second-order valence-corrected chi connectivity index (χ2v) is 5.48. The number of cyclic esters (lactones) is 1. The van der Waals surface area contributed by atoms with Gasteiger partial charge in [0.25, 0.3) is 5.91 Å². The Morgan fingerprint density at radius 3 is 3.00 bits per heavy atom. The number of anilines is 1. The fourth-order valence-corrected chi connectivity index (χ4v) is 2.77. The van der Waals surface area contributed by atoms with E-state index in [0.717, 1.165) is 11.3 Å². The van der Waals surface area contributed by atoms with E-state index in [2.05, 4.69) is 5.32 Å². The molecule has 0 unspecified atom stereocenters. The van der Waals surface area contributed by atoms with Crippen LogP contribution < -0.4 is 5.32 Å². The number of amides is 2. The van der Waals surface area contributed by atoms with Crippen LogP contribution in [0.15, 0.2) is 41.1 Å². The normalized spacial score (nSPS) is 14.1. The zero-order valence-corrected chi connectivity index (χ0v) is 12.1. The Kier molecular flexibility index (Phi) is 3.87. The first kappa shape index (κ1) is 13.6. The number of carbonyl (C=O) groups excluding carboxylic acids is 2. The van der Waals surface area contributed by atoms with Gasteiger partial charge < -0.3 is 15.0 Å². The van der Waals surface area contributed by atoms with Crippen molar-refractivity contribution < 1.29 is 14.3 Å². The summed E-state index contributed by atoms with van der Waals surface area (Å²) >= 11 is 1.48. The third-order valence-electron chi connectivity index (χ3n) is 3.19. The lowest BCUT2D eigenvalue weighted by molar-refractivity contribution is 0.102. The van der Waals surface area contributed by atoms with Gasteiger partial charge in [-0.2, -0.15) is 11.3 Å². The zero-order chi connectivity index (χ0) is 14.7. The standard InChI is InChI=1S/C15H14N2O3S/c18-14(12-4-7-21-10-12)16-13-3-1-2-11(8-13)9-17-5-6-20-15(17)19/h1-4,7-8,10H,5-6,9H2,(H,16,18). The van der Waals surface area contributed by atoms with Gasteiger partial charge in [0.15, 0.2) is 0 Å². The lowest BCUT2D eigenvalue weighted by atomic mass is 10.2. The maximum atomic E-state index is 12.0. The van der Waals surface area contributed by atoms with Crippen LogP contribution in [-0.2, 0) is 11.3 Å². The molecule has 0 spiro atoms. The van der Waals surface area contributed by atoms with Gasteiger partial charge in [0.05, 0.1) is 12.1 Å². The number of ether oxygens (including phenoxy) is 1. The highest BCUT2D eigenvalue weighted by Crippen LogP contribution is 2.16. The fraction of sp³-hybridized carbons (Fsp3) is 0.200. The minimum Gasteiger partial charge on any atom is -0.448 e. The molecule has 1 aromatic heterocycles. The lowest BCUT2D eigenvalue weighted by Crippen LogP contribution is -2.23. The van der Waals surface area contributed by atoms with Crippen LogP contribution >= 0.6 is 11.3 Å². The van der Waals surface area contributed by atoms with Gasteiger partial charge in [-0.15, -0.1) is 0 Å². The molecule has 1 N–H and O–H groups in total. The van der Waals surface area contributed by atoms with Gasteiger partial charge in [-0.25, -0.2) is 4.79 Å². The van der Waals surface area contributed by atoms with Crippen molar-refractivity contribution in [1.29, 1.82) is 0 Å². The molecule has 2 aromatic rings. The summed E-state index contributed by atoms with van der Waals surface area (Å²) < 4.78 is 4.90. The second-order valence-electron chi connectivity index (χ2n) is 4.70. The average molecular weight is 302 g/mol. The van der Waals surface area contributed by atoms with Gasteiger partial charge in [-0.3, -0.25) is 4.79 Å². The van der Waals surface area contributed by atoms with E-state index in [-0.39, 0.29) is 12.0 Å². The monoisotopic (exact) mass is 302 g/mol. The Balaban J connectivity index is 1.68. The number of rotatable bonds is 4. The molecule has 0 radical (unpaired) electrons. The molecule has 0 atom stereocenters. The quantitative estimate of drug-likeness (QED) is 0.944. The van der Waals surface area contributed by atoms with E-state index in [1.807, 2.05) is 29.6 Å². The molecule has 2 heterocycles. The van der Waals surface area contributed by atoms with Gasteiger partial charge in [0.1, 0.15) is 6.61 Å². The number of hydrogen-bond acceptors (Lipinski definition) is 4. The summed E-state index contributed by atoms with van der Waals surface area (Å²) in [7, 11) is 0. The van der Waals surface area contributed by atoms with Crippen molar-refractivity contribution in [3.05, 3.63) is 52.2 Å². The van der Waals surface area contributed by atoms with E-state index in [0.29, 0.717) is 25.3 Å². The number of nitrogens with zero attached hydrogens (tertiary/aromatic N) is 1. The number of carbonyl (C=O) groups is 2. The maximum Gasteiger partial charge on any atom is 0.410 e. The van der Waals surface area contributed by atoms with Crippen molar-refractivity contribution in [1.82, 2.24) is 4.90 Å². The molecule has 1 saturated heterocycles. The summed E-state index contributed by atoms with van der Waals surface area (Å²) in [6.45, 7) is 1.53. The summed E-state index contributed by atoms with van der Waals surface area (Å²) in [6.07, 6.45) is -0.289. The molecule has 3 rings (SSSR count). The smallest absolute Gasteiger partial charge is 0.410 e. The molecule has 2 amide bonds. The van der Waals surface area contributed by atoms with Gasteiger partial charge in [-0.05, 0) is 29.1 Å². The van der Waals surface area contributed by atoms with Crippen molar-refractivity contribution in [2.75, 3.05) is 18.5 Å². The highest BCUT2D eigenvalue weighted by atomic mass is 32.1. The SMILES string of the molecule is O=C(Nc1cccc(CN2CCOC2=O)c1)c1ccsc1. The third-order valence-corrected chi connectivity index (χ3v) is 3.87. The molecule has 6 heteroatoms. The maximum absolute atomic E-state index is 12.0. The van der Waals surface area contributed by atoms with Gasteiger partial charge >= 0.3 is 6.09 Å². The van der Waals surface area contributed by atoms with Crippen LogP contribution in [0.4, 0.5) is 10.5 Å². The van der Waals surface area contributed by atoms with E-state index in [1.54, 1.807) is 16.3 Å². The summed E-state index contributed by atoms with van der Waals surface area (Å²) in [6, 6.07) is 9.27. The fourth-order valence-electron chi connectivity index (χ4n) is 2.13. The topological polar surface area (TPSA) is 58.6 Å². The largest absolute Gasteiger partial charge is 0.448 e. The predicted octanol–water partition coefficient (Wildman–Crippen LogP) is 2.95. The van der Waals surface area contributed by atoms with Crippen LogP contribution in [0.3, 0.4) is 0 Å². The first-order chi connectivity index (χ1) is 10.2. The first-order valence-electron chi connectivity index (χ1n) is 6.56. The molecule has 0 bridgehead atoms. The molecule has 21 heavy (non-hydrogen) atoms. The molecule has 0 saturated carbocycles. The second kappa shape index (κ2) is 5.97.